The molecule has 1 amide bonds. The molecule has 1 N–H and O–H groups in total. The highest BCUT2D eigenvalue weighted by atomic mass is 19.1. The van der Waals surface area contributed by atoms with Crippen LogP contribution < -0.4 is 5.48 Å². The largest absolute Gasteiger partial charge is 0.278 e. The molecule has 0 saturated heterocycles. The first-order valence-corrected chi connectivity index (χ1v) is 5.41. The van der Waals surface area contributed by atoms with E-state index in [1.54, 1.807) is 12.1 Å². The second-order valence-electron chi connectivity index (χ2n) is 3.66. The number of hydrogen-bond donors (Lipinski definition) is 1. The second-order valence-corrected chi connectivity index (χ2v) is 3.66. The molecule has 0 aliphatic carbocycles. The quantitative estimate of drug-likeness (QED) is 0.844. The molecule has 0 heterocycles. The average Bonchev–Trinajstić information content (AvgIpc) is 2.39. The smallest absolute Gasteiger partial charge is 0.277 e. The van der Waals surface area contributed by atoms with Gasteiger partial charge >= 0.3 is 0 Å². The first-order valence-electron chi connectivity index (χ1n) is 5.41. The monoisotopic (exact) mass is 245 g/mol. The van der Waals surface area contributed by atoms with Crippen molar-refractivity contribution in [2.75, 3.05) is 7.11 Å². The summed E-state index contributed by atoms with van der Waals surface area (Å²) in [5, 5.41) is 0. The fourth-order valence-corrected chi connectivity index (χ4v) is 1.76. The molecule has 0 spiro atoms. The van der Waals surface area contributed by atoms with Gasteiger partial charge < -0.3 is 0 Å². The summed E-state index contributed by atoms with van der Waals surface area (Å²) in [6.07, 6.45) is 0. The minimum atomic E-state index is -0.602. The summed E-state index contributed by atoms with van der Waals surface area (Å²) in [6, 6.07) is 13.7. The van der Waals surface area contributed by atoms with Crippen LogP contribution in [0.25, 0.3) is 11.1 Å². The molecule has 0 aliphatic rings. The van der Waals surface area contributed by atoms with Gasteiger partial charge in [-0.15, -0.1) is 0 Å². The Kier molecular flexibility index (Phi) is 3.69. The topological polar surface area (TPSA) is 38.3 Å². The normalized spacial score (nSPS) is 10.1. The van der Waals surface area contributed by atoms with Crippen LogP contribution >= 0.6 is 0 Å². The molecule has 2 rings (SSSR count). The van der Waals surface area contributed by atoms with Gasteiger partial charge in [-0.2, -0.15) is 0 Å². The lowest BCUT2D eigenvalue weighted by Crippen LogP contribution is -2.23. The Labute approximate surface area is 104 Å². The molecule has 4 heteroatoms. The Morgan fingerprint density at radius 3 is 2.50 bits per heavy atom. The van der Waals surface area contributed by atoms with Gasteiger partial charge in [0.1, 0.15) is 5.82 Å². The van der Waals surface area contributed by atoms with Crippen molar-refractivity contribution in [3.63, 3.8) is 0 Å². The molecule has 0 fully saturated rings. The van der Waals surface area contributed by atoms with Crippen LogP contribution in [0, 0.1) is 5.82 Å². The SMILES string of the molecule is CONC(=O)c1c(F)cccc1-c1ccccc1. The molecule has 92 valence electrons. The molecule has 0 bridgehead atoms. The number of benzene rings is 2. The van der Waals surface area contributed by atoms with Crippen molar-refractivity contribution >= 4 is 5.91 Å². The molecule has 0 atom stereocenters. The first-order chi connectivity index (χ1) is 8.74. The predicted molar refractivity (Wildman–Crippen MR) is 66.3 cm³/mol. The van der Waals surface area contributed by atoms with E-state index in [1.807, 2.05) is 30.3 Å². The summed E-state index contributed by atoms with van der Waals surface area (Å²) in [5.41, 5.74) is 3.42. The lowest BCUT2D eigenvalue weighted by Gasteiger charge is -2.10. The van der Waals surface area contributed by atoms with Crippen LogP contribution in [-0.2, 0) is 4.84 Å². The maximum Gasteiger partial charge on any atom is 0.278 e. The molecule has 18 heavy (non-hydrogen) atoms. The van der Waals surface area contributed by atoms with Crippen LogP contribution in [-0.4, -0.2) is 13.0 Å². The number of carbonyl (C=O) groups excluding carboxylic acids is 1. The van der Waals surface area contributed by atoms with Crippen molar-refractivity contribution in [1.29, 1.82) is 0 Å². The fraction of sp³-hybridized carbons (Fsp3) is 0.0714. The van der Waals surface area contributed by atoms with Gasteiger partial charge in [0.05, 0.1) is 12.7 Å². The molecule has 3 nitrogen and oxygen atoms in total. The predicted octanol–water partition coefficient (Wildman–Crippen LogP) is 2.78. The van der Waals surface area contributed by atoms with Gasteiger partial charge in [-0.25, -0.2) is 9.87 Å². The Morgan fingerprint density at radius 1 is 1.11 bits per heavy atom. The highest BCUT2D eigenvalue weighted by Gasteiger charge is 2.17. The number of carbonyl (C=O) groups is 1. The first kappa shape index (κ1) is 12.3. The lowest BCUT2D eigenvalue weighted by molar-refractivity contribution is 0.0534. The molecule has 2 aromatic rings. The van der Waals surface area contributed by atoms with E-state index in [2.05, 4.69) is 10.3 Å². The number of nitrogens with one attached hydrogen (secondary N) is 1. The summed E-state index contributed by atoms with van der Waals surface area (Å²) >= 11 is 0. The van der Waals surface area contributed by atoms with Gasteiger partial charge in [-0.1, -0.05) is 42.5 Å². The summed E-state index contributed by atoms with van der Waals surface area (Å²) in [7, 11) is 1.31. The van der Waals surface area contributed by atoms with Crippen molar-refractivity contribution in [1.82, 2.24) is 5.48 Å². The third-order valence-corrected chi connectivity index (χ3v) is 2.52. The highest BCUT2D eigenvalue weighted by Crippen LogP contribution is 2.25. The molecule has 0 aromatic heterocycles. The highest BCUT2D eigenvalue weighted by molar-refractivity contribution is 6.00. The van der Waals surface area contributed by atoms with E-state index in [-0.39, 0.29) is 5.56 Å². The van der Waals surface area contributed by atoms with Gasteiger partial charge in [0, 0.05) is 0 Å². The summed E-state index contributed by atoms with van der Waals surface area (Å²) in [6.45, 7) is 0. The van der Waals surface area contributed by atoms with Crippen molar-refractivity contribution in [3.8, 4) is 11.1 Å². The zero-order valence-electron chi connectivity index (χ0n) is 9.81. The number of halogens is 1. The zero-order chi connectivity index (χ0) is 13.0. The standard InChI is InChI=1S/C14H12FNO2/c1-18-16-14(17)13-11(8-5-9-12(13)15)10-6-3-2-4-7-10/h2-9H,1H3,(H,16,17). The number of hydrogen-bond acceptors (Lipinski definition) is 2. The van der Waals surface area contributed by atoms with Gasteiger partial charge in [0.2, 0.25) is 0 Å². The second kappa shape index (κ2) is 5.42. The maximum absolute atomic E-state index is 13.8. The number of rotatable bonds is 3. The van der Waals surface area contributed by atoms with Crippen molar-refractivity contribution < 1.29 is 14.0 Å². The lowest BCUT2D eigenvalue weighted by atomic mass is 9.99. The minimum Gasteiger partial charge on any atom is -0.277 e. The van der Waals surface area contributed by atoms with Crippen LogP contribution in [0.1, 0.15) is 10.4 Å². The van der Waals surface area contributed by atoms with Crippen molar-refractivity contribution in [2.45, 2.75) is 0 Å². The van der Waals surface area contributed by atoms with Gasteiger partial charge in [0.25, 0.3) is 5.91 Å². The Morgan fingerprint density at radius 2 is 1.83 bits per heavy atom. The third-order valence-electron chi connectivity index (χ3n) is 2.52. The maximum atomic E-state index is 13.8. The Hall–Kier alpha value is -2.20. The van der Waals surface area contributed by atoms with Crippen LogP contribution in [0.3, 0.4) is 0 Å². The van der Waals surface area contributed by atoms with Crippen LogP contribution in [0.5, 0.6) is 0 Å². The van der Waals surface area contributed by atoms with E-state index in [4.69, 9.17) is 0 Å². The summed E-state index contributed by atoms with van der Waals surface area (Å²) in [4.78, 5) is 16.3. The number of amides is 1. The van der Waals surface area contributed by atoms with Gasteiger partial charge in [0.15, 0.2) is 0 Å². The average molecular weight is 245 g/mol. The molecule has 0 radical (unpaired) electrons. The zero-order valence-corrected chi connectivity index (χ0v) is 9.81. The molecular formula is C14H12FNO2. The summed E-state index contributed by atoms with van der Waals surface area (Å²) < 4.78 is 13.8. The van der Waals surface area contributed by atoms with Crippen LogP contribution in [0.2, 0.25) is 0 Å². The van der Waals surface area contributed by atoms with E-state index in [0.717, 1.165) is 5.56 Å². The molecular weight excluding hydrogens is 233 g/mol. The molecule has 0 aliphatic heterocycles. The van der Waals surface area contributed by atoms with Crippen LogP contribution in [0.4, 0.5) is 4.39 Å². The molecule has 2 aromatic carbocycles. The van der Waals surface area contributed by atoms with Gasteiger partial charge in [-0.05, 0) is 17.2 Å². The van der Waals surface area contributed by atoms with E-state index in [1.165, 1.54) is 13.2 Å². The Bertz CT molecular complexity index is 555. The van der Waals surface area contributed by atoms with E-state index >= 15 is 0 Å². The Balaban J connectivity index is 2.55. The van der Waals surface area contributed by atoms with E-state index < -0.39 is 11.7 Å². The van der Waals surface area contributed by atoms with Gasteiger partial charge in [-0.3, -0.25) is 9.63 Å². The van der Waals surface area contributed by atoms with E-state index in [9.17, 15) is 9.18 Å². The number of hydroxylamine groups is 1. The minimum absolute atomic E-state index is 0.0226. The molecule has 0 saturated carbocycles. The van der Waals surface area contributed by atoms with E-state index in [0.29, 0.717) is 5.56 Å². The van der Waals surface area contributed by atoms with Crippen molar-refractivity contribution in [3.05, 3.63) is 59.9 Å². The van der Waals surface area contributed by atoms with Crippen molar-refractivity contribution in [2.24, 2.45) is 0 Å². The summed E-state index contributed by atoms with van der Waals surface area (Å²) in [5.74, 6) is -1.18. The molecule has 0 unspecified atom stereocenters. The fourth-order valence-electron chi connectivity index (χ4n) is 1.76. The third kappa shape index (κ3) is 2.38. The van der Waals surface area contributed by atoms with Crippen LogP contribution in [0.15, 0.2) is 48.5 Å².